The molecule has 0 N–H and O–H groups in total. The van der Waals surface area contributed by atoms with Gasteiger partial charge in [-0.05, 0) is 38.5 Å². The second-order valence-electron chi connectivity index (χ2n) is 6.69. The fraction of sp³-hybridized carbons (Fsp3) is 0.474. The van der Waals surface area contributed by atoms with Crippen molar-refractivity contribution < 1.29 is 9.32 Å². The Labute approximate surface area is 153 Å². The fourth-order valence-electron chi connectivity index (χ4n) is 3.48. The van der Waals surface area contributed by atoms with Crippen LogP contribution < -0.4 is 0 Å². The minimum Gasteiger partial charge on any atom is -0.361 e. The molecule has 134 valence electrons. The van der Waals surface area contributed by atoms with E-state index in [0.29, 0.717) is 0 Å². The van der Waals surface area contributed by atoms with Crippen molar-refractivity contribution in [1.82, 2.24) is 15.0 Å². The van der Waals surface area contributed by atoms with Crippen LogP contribution in [0.4, 0.5) is 0 Å². The van der Waals surface area contributed by atoms with E-state index < -0.39 is 0 Å². The maximum Gasteiger partial charge on any atom is 0.230 e. The van der Waals surface area contributed by atoms with E-state index in [2.05, 4.69) is 22.2 Å². The molecule has 3 rings (SSSR count). The summed E-state index contributed by atoms with van der Waals surface area (Å²) in [6, 6.07) is 7.95. The molecular weight excluding hydrogens is 338 g/mol. The summed E-state index contributed by atoms with van der Waals surface area (Å²) in [7, 11) is 0. The number of carbonyl (C=O) groups excluding carboxylic acids is 1. The van der Waals surface area contributed by atoms with Crippen molar-refractivity contribution in [3.63, 3.8) is 0 Å². The molecule has 1 aromatic carbocycles. The Bertz CT molecular complexity index is 714. The molecule has 1 fully saturated rings. The van der Waals surface area contributed by atoms with E-state index in [1.54, 1.807) is 0 Å². The number of aromatic nitrogens is 1. The minimum atomic E-state index is -0.214. The number of halogens is 1. The molecule has 1 amide bonds. The lowest BCUT2D eigenvalue weighted by atomic mass is 9.97. The van der Waals surface area contributed by atoms with Gasteiger partial charge in [-0.1, -0.05) is 28.9 Å². The van der Waals surface area contributed by atoms with Crippen LogP contribution in [0.5, 0.6) is 0 Å². The van der Waals surface area contributed by atoms with Gasteiger partial charge in [0, 0.05) is 43.3 Å². The van der Waals surface area contributed by atoms with E-state index in [1.807, 2.05) is 37.8 Å². The molecule has 1 aliphatic heterocycles. The van der Waals surface area contributed by atoms with Crippen LogP contribution in [0.2, 0.25) is 5.02 Å². The smallest absolute Gasteiger partial charge is 0.230 e. The van der Waals surface area contributed by atoms with E-state index in [0.717, 1.165) is 54.8 Å². The predicted molar refractivity (Wildman–Crippen MR) is 97.7 cm³/mol. The summed E-state index contributed by atoms with van der Waals surface area (Å²) in [5.41, 5.74) is 2.97. The zero-order valence-corrected chi connectivity index (χ0v) is 15.7. The quantitative estimate of drug-likeness (QED) is 0.837. The molecule has 2 aromatic rings. The first-order valence-corrected chi connectivity index (χ1v) is 9.02. The van der Waals surface area contributed by atoms with E-state index in [4.69, 9.17) is 16.1 Å². The average Bonchev–Trinajstić information content (AvgIpc) is 2.95. The van der Waals surface area contributed by atoms with E-state index in [9.17, 15) is 4.79 Å². The second-order valence-corrected chi connectivity index (χ2v) is 7.12. The van der Waals surface area contributed by atoms with Crippen LogP contribution in [0.25, 0.3) is 0 Å². The average molecular weight is 362 g/mol. The standard InChI is InChI=1S/C19H24ClN3O2/c1-13(18-14(2)21-25-15(18)3)19(24)23-10-8-22(9-11-23)12-16-4-6-17(20)7-5-16/h4-7,13H,8-12H2,1-3H3. The molecule has 1 saturated heterocycles. The number of nitrogens with zero attached hydrogens (tertiary/aromatic N) is 3. The van der Waals surface area contributed by atoms with Crippen LogP contribution in [-0.2, 0) is 11.3 Å². The molecular formula is C19H24ClN3O2. The highest BCUT2D eigenvalue weighted by Crippen LogP contribution is 2.25. The Hall–Kier alpha value is -1.85. The molecule has 0 saturated carbocycles. The van der Waals surface area contributed by atoms with Gasteiger partial charge in [-0.25, -0.2) is 0 Å². The molecule has 0 bridgehead atoms. The van der Waals surface area contributed by atoms with Gasteiger partial charge in [-0.3, -0.25) is 9.69 Å². The molecule has 5 nitrogen and oxygen atoms in total. The third kappa shape index (κ3) is 4.05. The number of piperazine rings is 1. The molecule has 1 atom stereocenters. The number of carbonyl (C=O) groups is 1. The van der Waals surface area contributed by atoms with Gasteiger partial charge in [0.05, 0.1) is 11.6 Å². The number of benzene rings is 1. The van der Waals surface area contributed by atoms with Crippen LogP contribution in [0.3, 0.4) is 0 Å². The monoisotopic (exact) mass is 361 g/mol. The number of rotatable bonds is 4. The largest absolute Gasteiger partial charge is 0.361 e. The first kappa shape index (κ1) is 18.0. The summed E-state index contributed by atoms with van der Waals surface area (Å²) < 4.78 is 5.21. The lowest BCUT2D eigenvalue weighted by molar-refractivity contribution is -0.134. The Kier molecular flexibility index (Phi) is 5.45. The van der Waals surface area contributed by atoms with Gasteiger partial charge in [0.1, 0.15) is 5.76 Å². The Morgan fingerprint density at radius 2 is 1.84 bits per heavy atom. The van der Waals surface area contributed by atoms with Crippen LogP contribution in [0, 0.1) is 13.8 Å². The first-order chi connectivity index (χ1) is 12.0. The predicted octanol–water partition coefficient (Wildman–Crippen LogP) is 3.39. The van der Waals surface area contributed by atoms with Crippen molar-refractivity contribution in [2.45, 2.75) is 33.2 Å². The van der Waals surface area contributed by atoms with Crippen molar-refractivity contribution in [2.75, 3.05) is 26.2 Å². The lowest BCUT2D eigenvalue weighted by Crippen LogP contribution is -2.49. The van der Waals surface area contributed by atoms with Crippen LogP contribution in [0.15, 0.2) is 28.8 Å². The van der Waals surface area contributed by atoms with Crippen LogP contribution in [-0.4, -0.2) is 47.0 Å². The molecule has 1 aromatic heterocycles. The number of aryl methyl sites for hydroxylation is 2. The number of hydrogen-bond acceptors (Lipinski definition) is 4. The number of hydrogen-bond donors (Lipinski definition) is 0. The Morgan fingerprint density at radius 1 is 1.20 bits per heavy atom. The van der Waals surface area contributed by atoms with Crippen molar-refractivity contribution in [1.29, 1.82) is 0 Å². The summed E-state index contributed by atoms with van der Waals surface area (Å²) in [6.07, 6.45) is 0. The summed E-state index contributed by atoms with van der Waals surface area (Å²) in [5, 5.41) is 4.72. The molecule has 1 aliphatic rings. The molecule has 6 heteroatoms. The molecule has 2 heterocycles. The van der Waals surface area contributed by atoms with Crippen LogP contribution in [0.1, 0.15) is 35.4 Å². The van der Waals surface area contributed by atoms with Gasteiger partial charge in [-0.15, -0.1) is 0 Å². The van der Waals surface area contributed by atoms with Crippen LogP contribution >= 0.6 is 11.6 Å². The van der Waals surface area contributed by atoms with Gasteiger partial charge < -0.3 is 9.42 Å². The van der Waals surface area contributed by atoms with E-state index in [-0.39, 0.29) is 11.8 Å². The lowest BCUT2D eigenvalue weighted by Gasteiger charge is -2.36. The van der Waals surface area contributed by atoms with Crippen molar-refractivity contribution in [3.8, 4) is 0 Å². The molecule has 25 heavy (non-hydrogen) atoms. The van der Waals surface area contributed by atoms with Crippen molar-refractivity contribution in [3.05, 3.63) is 51.9 Å². The molecule has 0 radical (unpaired) electrons. The summed E-state index contributed by atoms with van der Waals surface area (Å²) in [5.74, 6) is 0.675. The van der Waals surface area contributed by atoms with Gasteiger partial charge in [-0.2, -0.15) is 0 Å². The molecule has 0 spiro atoms. The summed E-state index contributed by atoms with van der Waals surface area (Å²) >= 11 is 5.93. The number of amides is 1. The summed E-state index contributed by atoms with van der Waals surface area (Å²) in [4.78, 5) is 17.1. The molecule has 1 unspecified atom stereocenters. The summed E-state index contributed by atoms with van der Waals surface area (Å²) in [6.45, 7) is 9.84. The SMILES string of the molecule is Cc1noc(C)c1C(C)C(=O)N1CCN(Cc2ccc(Cl)cc2)CC1. The molecule has 0 aliphatic carbocycles. The highest BCUT2D eigenvalue weighted by Gasteiger charge is 2.29. The van der Waals surface area contributed by atoms with Gasteiger partial charge in [0.15, 0.2) is 0 Å². The van der Waals surface area contributed by atoms with Crippen molar-refractivity contribution >= 4 is 17.5 Å². The van der Waals surface area contributed by atoms with Gasteiger partial charge >= 0.3 is 0 Å². The zero-order valence-electron chi connectivity index (χ0n) is 15.0. The normalized spacial score (nSPS) is 16.9. The maximum absolute atomic E-state index is 12.8. The van der Waals surface area contributed by atoms with E-state index >= 15 is 0 Å². The zero-order chi connectivity index (χ0) is 18.0. The van der Waals surface area contributed by atoms with Gasteiger partial charge in [0.25, 0.3) is 0 Å². The van der Waals surface area contributed by atoms with E-state index in [1.165, 1.54) is 5.56 Å². The topological polar surface area (TPSA) is 49.6 Å². The fourth-order valence-corrected chi connectivity index (χ4v) is 3.61. The van der Waals surface area contributed by atoms with Crippen molar-refractivity contribution in [2.24, 2.45) is 0 Å². The highest BCUT2D eigenvalue weighted by molar-refractivity contribution is 6.30. The first-order valence-electron chi connectivity index (χ1n) is 8.64. The maximum atomic E-state index is 12.8. The third-order valence-electron chi connectivity index (χ3n) is 4.90. The Balaban J connectivity index is 1.56. The Morgan fingerprint density at radius 3 is 2.40 bits per heavy atom. The van der Waals surface area contributed by atoms with Gasteiger partial charge in [0.2, 0.25) is 5.91 Å². The third-order valence-corrected chi connectivity index (χ3v) is 5.15. The minimum absolute atomic E-state index is 0.153. The highest BCUT2D eigenvalue weighted by atomic mass is 35.5. The second kappa shape index (κ2) is 7.58.